The molecule has 0 aliphatic carbocycles. The molecule has 7 nitrogen and oxygen atoms in total. The largest absolute Gasteiger partial charge is 0.300 e. The molecule has 2 atom stereocenters. The first kappa shape index (κ1) is 22.4. The van der Waals surface area contributed by atoms with Crippen molar-refractivity contribution in [3.63, 3.8) is 0 Å². The third-order valence-corrected chi connectivity index (χ3v) is 8.43. The van der Waals surface area contributed by atoms with E-state index in [2.05, 4.69) is 22.1 Å². The average molecular weight is 463 g/mol. The van der Waals surface area contributed by atoms with Gasteiger partial charge in [0.05, 0.1) is 17.2 Å². The minimum absolute atomic E-state index is 0.0826. The number of amides is 1. The number of thiazole rings is 1. The van der Waals surface area contributed by atoms with Gasteiger partial charge in [-0.1, -0.05) is 37.3 Å². The summed E-state index contributed by atoms with van der Waals surface area (Å²) in [5.74, 6) is 0.711. The SMILES string of the molecule is CC1CCCN(Cc2csc(NC(=O)C(c3ccccc3)N3CCS(=O)(=O)CC3)n2)C1. The van der Waals surface area contributed by atoms with Gasteiger partial charge in [0.25, 0.3) is 0 Å². The van der Waals surface area contributed by atoms with Gasteiger partial charge < -0.3 is 5.32 Å². The van der Waals surface area contributed by atoms with Gasteiger partial charge in [-0.2, -0.15) is 0 Å². The summed E-state index contributed by atoms with van der Waals surface area (Å²) in [5.41, 5.74) is 1.84. The van der Waals surface area contributed by atoms with E-state index in [-0.39, 0.29) is 17.4 Å². The van der Waals surface area contributed by atoms with Crippen LogP contribution in [0.5, 0.6) is 0 Å². The molecule has 2 aliphatic rings. The number of aromatic nitrogens is 1. The van der Waals surface area contributed by atoms with Crippen LogP contribution in [-0.4, -0.2) is 66.8 Å². The van der Waals surface area contributed by atoms with Gasteiger partial charge in [-0.15, -0.1) is 11.3 Å². The minimum atomic E-state index is -3.02. The van der Waals surface area contributed by atoms with Gasteiger partial charge in [0.2, 0.25) is 5.91 Å². The number of hydrogen-bond donors (Lipinski definition) is 1. The van der Waals surface area contributed by atoms with Gasteiger partial charge in [0.1, 0.15) is 6.04 Å². The second-order valence-corrected chi connectivity index (χ2v) is 11.8. The van der Waals surface area contributed by atoms with E-state index in [1.54, 1.807) is 0 Å². The van der Waals surface area contributed by atoms with Gasteiger partial charge in [-0.05, 0) is 30.9 Å². The molecule has 2 unspecified atom stereocenters. The summed E-state index contributed by atoms with van der Waals surface area (Å²) in [4.78, 5) is 22.3. The van der Waals surface area contributed by atoms with Crippen LogP contribution in [0, 0.1) is 5.92 Å². The molecule has 3 heterocycles. The van der Waals surface area contributed by atoms with E-state index in [9.17, 15) is 13.2 Å². The summed E-state index contributed by atoms with van der Waals surface area (Å²) >= 11 is 1.44. The fourth-order valence-corrected chi connectivity index (χ4v) is 6.35. The van der Waals surface area contributed by atoms with E-state index >= 15 is 0 Å². The molecule has 1 N–H and O–H groups in total. The number of benzene rings is 1. The molecule has 1 amide bonds. The lowest BCUT2D eigenvalue weighted by Gasteiger charge is -2.33. The Labute approximate surface area is 188 Å². The number of rotatable bonds is 6. The maximum atomic E-state index is 13.3. The van der Waals surface area contributed by atoms with Crippen LogP contribution in [0.25, 0.3) is 0 Å². The van der Waals surface area contributed by atoms with Gasteiger partial charge in [0, 0.05) is 31.6 Å². The van der Waals surface area contributed by atoms with Gasteiger partial charge in [-0.25, -0.2) is 13.4 Å². The number of likely N-dealkylation sites (tertiary alicyclic amines) is 1. The summed E-state index contributed by atoms with van der Waals surface area (Å²) in [6.07, 6.45) is 2.51. The first-order chi connectivity index (χ1) is 14.9. The van der Waals surface area contributed by atoms with Crippen molar-refractivity contribution in [2.45, 2.75) is 32.4 Å². The van der Waals surface area contributed by atoms with Gasteiger partial charge in [-0.3, -0.25) is 14.6 Å². The Balaban J connectivity index is 1.45. The molecule has 168 valence electrons. The van der Waals surface area contributed by atoms with E-state index < -0.39 is 15.9 Å². The van der Waals surface area contributed by atoms with Crippen molar-refractivity contribution >= 4 is 32.2 Å². The standard InChI is InChI=1S/C22H30N4O3S2/c1-17-6-5-9-25(14-17)15-19-16-30-22(23-19)24-21(27)20(18-7-3-2-4-8-18)26-10-12-31(28,29)13-11-26/h2-4,7-8,16-17,20H,5-6,9-15H2,1H3,(H,23,24,27). The normalized spacial score (nSPS) is 23.3. The topological polar surface area (TPSA) is 82.6 Å². The fourth-order valence-electron chi connectivity index (χ4n) is 4.42. The highest BCUT2D eigenvalue weighted by atomic mass is 32.2. The van der Waals surface area contributed by atoms with E-state index in [1.807, 2.05) is 40.6 Å². The Morgan fingerprint density at radius 1 is 1.23 bits per heavy atom. The third kappa shape index (κ3) is 5.91. The van der Waals surface area contributed by atoms with Crippen LogP contribution in [-0.2, 0) is 21.2 Å². The molecule has 0 bridgehead atoms. The molecule has 2 saturated heterocycles. The molecule has 2 aliphatic heterocycles. The number of hydrogen-bond acceptors (Lipinski definition) is 7. The molecule has 31 heavy (non-hydrogen) atoms. The van der Waals surface area contributed by atoms with Crippen LogP contribution in [0.3, 0.4) is 0 Å². The van der Waals surface area contributed by atoms with Crippen molar-refractivity contribution in [1.29, 1.82) is 0 Å². The highest BCUT2D eigenvalue weighted by Crippen LogP contribution is 2.26. The van der Waals surface area contributed by atoms with Crippen molar-refractivity contribution in [3.8, 4) is 0 Å². The number of sulfone groups is 1. The molecular formula is C22H30N4O3S2. The summed E-state index contributed by atoms with van der Waals surface area (Å²) in [6, 6.07) is 9.01. The van der Waals surface area contributed by atoms with Crippen LogP contribution >= 0.6 is 11.3 Å². The molecule has 0 radical (unpaired) electrons. The summed E-state index contributed by atoms with van der Waals surface area (Å²) in [6.45, 7) is 5.99. The molecular weight excluding hydrogens is 432 g/mol. The van der Waals surface area contributed by atoms with Crippen LogP contribution < -0.4 is 5.32 Å². The Morgan fingerprint density at radius 2 is 1.97 bits per heavy atom. The van der Waals surface area contributed by atoms with E-state index in [0.29, 0.717) is 24.1 Å². The molecule has 1 aromatic heterocycles. The van der Waals surface area contributed by atoms with Crippen LogP contribution in [0.1, 0.15) is 37.1 Å². The van der Waals surface area contributed by atoms with Gasteiger partial charge >= 0.3 is 0 Å². The zero-order chi connectivity index (χ0) is 21.8. The lowest BCUT2D eigenvalue weighted by atomic mass is 10.0. The van der Waals surface area contributed by atoms with Crippen LogP contribution in [0.15, 0.2) is 35.7 Å². The number of nitrogens with one attached hydrogen (secondary N) is 1. The monoisotopic (exact) mass is 462 g/mol. The highest BCUT2D eigenvalue weighted by molar-refractivity contribution is 7.91. The summed E-state index contributed by atoms with van der Waals surface area (Å²) in [5, 5.41) is 5.59. The maximum absolute atomic E-state index is 13.3. The zero-order valence-electron chi connectivity index (χ0n) is 17.9. The maximum Gasteiger partial charge on any atom is 0.248 e. The predicted octanol–water partition coefficient (Wildman–Crippen LogP) is 2.79. The lowest BCUT2D eigenvalue weighted by Crippen LogP contribution is -2.46. The van der Waals surface area contributed by atoms with Crippen molar-refractivity contribution in [1.82, 2.24) is 14.8 Å². The number of piperidine rings is 1. The number of carbonyl (C=O) groups excluding carboxylic acids is 1. The van der Waals surface area contributed by atoms with Crippen molar-refractivity contribution in [3.05, 3.63) is 47.0 Å². The second kappa shape index (κ2) is 9.77. The van der Waals surface area contributed by atoms with E-state index in [0.717, 1.165) is 30.9 Å². The van der Waals surface area contributed by atoms with Crippen LogP contribution in [0.2, 0.25) is 0 Å². The molecule has 0 saturated carbocycles. The highest BCUT2D eigenvalue weighted by Gasteiger charge is 2.33. The van der Waals surface area contributed by atoms with Crippen molar-refractivity contribution < 1.29 is 13.2 Å². The Kier molecular flexibility index (Phi) is 7.05. The summed E-state index contributed by atoms with van der Waals surface area (Å²) < 4.78 is 23.7. The molecule has 0 spiro atoms. The smallest absolute Gasteiger partial charge is 0.248 e. The first-order valence-electron chi connectivity index (χ1n) is 10.9. The Bertz CT molecular complexity index is 979. The molecule has 2 aromatic rings. The number of nitrogens with zero attached hydrogens (tertiary/aromatic N) is 3. The molecule has 1 aromatic carbocycles. The molecule has 4 rings (SSSR count). The number of anilines is 1. The zero-order valence-corrected chi connectivity index (χ0v) is 19.5. The first-order valence-corrected chi connectivity index (χ1v) is 13.6. The van der Waals surface area contributed by atoms with Crippen LogP contribution in [0.4, 0.5) is 5.13 Å². The van der Waals surface area contributed by atoms with E-state index in [1.165, 1.54) is 24.2 Å². The predicted molar refractivity (Wildman–Crippen MR) is 124 cm³/mol. The average Bonchev–Trinajstić information content (AvgIpc) is 3.17. The third-order valence-electron chi connectivity index (χ3n) is 6.02. The number of carbonyl (C=O) groups is 1. The Hall–Kier alpha value is -1.81. The van der Waals surface area contributed by atoms with Crippen molar-refractivity contribution in [2.75, 3.05) is 43.0 Å². The Morgan fingerprint density at radius 3 is 2.68 bits per heavy atom. The van der Waals surface area contributed by atoms with Crippen molar-refractivity contribution in [2.24, 2.45) is 5.92 Å². The second-order valence-electron chi connectivity index (χ2n) is 8.62. The lowest BCUT2D eigenvalue weighted by molar-refractivity contribution is -0.121. The fraction of sp³-hybridized carbons (Fsp3) is 0.545. The van der Waals surface area contributed by atoms with E-state index in [4.69, 9.17) is 0 Å². The minimum Gasteiger partial charge on any atom is -0.300 e. The van der Waals surface area contributed by atoms with Gasteiger partial charge in [0.15, 0.2) is 15.0 Å². The molecule has 2 fully saturated rings. The molecule has 9 heteroatoms. The summed E-state index contributed by atoms with van der Waals surface area (Å²) in [7, 11) is -3.02. The quantitative estimate of drug-likeness (QED) is 0.711.